The van der Waals surface area contributed by atoms with Crippen molar-refractivity contribution in [3.05, 3.63) is 60.3 Å². The number of hydrogen-bond acceptors (Lipinski definition) is 5. The van der Waals surface area contributed by atoms with Crippen LogP contribution in [0.5, 0.6) is 5.75 Å². The van der Waals surface area contributed by atoms with E-state index in [0.717, 1.165) is 0 Å². The molecule has 0 saturated carbocycles. The summed E-state index contributed by atoms with van der Waals surface area (Å²) in [5.74, 6) is -0.103. The lowest BCUT2D eigenvalue weighted by Crippen LogP contribution is -2.14. The zero-order chi connectivity index (χ0) is 19.6. The molecule has 3 N–H and O–H groups in total. The van der Waals surface area contributed by atoms with Crippen LogP contribution in [0.3, 0.4) is 0 Å². The molecule has 138 valence electrons. The molecule has 0 atom stereocenters. The number of nitrogens with zero attached hydrogens (tertiary/aromatic N) is 1. The number of ether oxygens (including phenoxy) is 1. The van der Waals surface area contributed by atoms with Gasteiger partial charge in [0, 0.05) is 24.5 Å². The monoisotopic (exact) mass is 364 g/mol. The van der Waals surface area contributed by atoms with Crippen LogP contribution in [0.4, 0.5) is 17.1 Å². The van der Waals surface area contributed by atoms with E-state index in [1.807, 2.05) is 25.1 Å². The van der Waals surface area contributed by atoms with Gasteiger partial charge in [0.25, 0.3) is 5.91 Å². The first-order valence-corrected chi connectivity index (χ1v) is 8.31. The van der Waals surface area contributed by atoms with Gasteiger partial charge in [-0.15, -0.1) is 0 Å². The standard InChI is InChI=1S/C20H20N4O3/c1-3-27-19-7-5-4-6-18(19)22-13-15(12-21)20(26)24-17-10-8-16(9-11-17)23-14(2)25/h4-11,13,22H,3H2,1-2H3,(H,23,25)(H,24,26)/b15-13-. The van der Waals surface area contributed by atoms with E-state index in [1.54, 1.807) is 36.4 Å². The van der Waals surface area contributed by atoms with Crippen molar-refractivity contribution in [1.82, 2.24) is 0 Å². The second kappa shape index (κ2) is 9.63. The zero-order valence-electron chi connectivity index (χ0n) is 15.1. The maximum atomic E-state index is 12.3. The molecule has 0 aliphatic rings. The van der Waals surface area contributed by atoms with Gasteiger partial charge in [0.2, 0.25) is 5.91 Å². The first-order chi connectivity index (χ1) is 13.0. The second-order valence-electron chi connectivity index (χ2n) is 5.46. The van der Waals surface area contributed by atoms with E-state index >= 15 is 0 Å². The van der Waals surface area contributed by atoms with Crippen molar-refractivity contribution >= 4 is 28.9 Å². The van der Waals surface area contributed by atoms with E-state index in [4.69, 9.17) is 4.74 Å². The van der Waals surface area contributed by atoms with Crippen LogP contribution in [0.1, 0.15) is 13.8 Å². The molecule has 0 unspecified atom stereocenters. The summed E-state index contributed by atoms with van der Waals surface area (Å²) in [7, 11) is 0. The molecule has 0 fully saturated rings. The average Bonchev–Trinajstić information content (AvgIpc) is 2.65. The number of carbonyl (C=O) groups is 2. The number of nitrogens with one attached hydrogen (secondary N) is 3. The minimum absolute atomic E-state index is 0.0905. The van der Waals surface area contributed by atoms with Crippen LogP contribution in [0.15, 0.2) is 60.3 Å². The van der Waals surface area contributed by atoms with E-state index in [2.05, 4.69) is 16.0 Å². The highest BCUT2D eigenvalue weighted by Gasteiger charge is 2.10. The summed E-state index contributed by atoms with van der Waals surface area (Å²) in [5, 5.41) is 17.5. The second-order valence-corrected chi connectivity index (χ2v) is 5.46. The molecule has 0 aliphatic carbocycles. The first kappa shape index (κ1) is 19.5. The Bertz CT molecular complexity index is 883. The summed E-state index contributed by atoms with van der Waals surface area (Å²) >= 11 is 0. The van der Waals surface area contributed by atoms with Gasteiger partial charge < -0.3 is 20.7 Å². The number of nitriles is 1. The van der Waals surface area contributed by atoms with Crippen molar-refractivity contribution in [2.75, 3.05) is 22.6 Å². The van der Waals surface area contributed by atoms with E-state index in [9.17, 15) is 14.9 Å². The van der Waals surface area contributed by atoms with Gasteiger partial charge in [0.1, 0.15) is 17.4 Å². The molecule has 0 radical (unpaired) electrons. The van der Waals surface area contributed by atoms with Crippen LogP contribution in [-0.4, -0.2) is 18.4 Å². The normalized spacial score (nSPS) is 10.5. The Kier molecular flexibility index (Phi) is 6.97. The SMILES string of the molecule is CCOc1ccccc1N/C=C(/C#N)C(=O)Nc1ccc(NC(C)=O)cc1. The Morgan fingerprint density at radius 3 is 2.30 bits per heavy atom. The molecule has 0 saturated heterocycles. The molecular weight excluding hydrogens is 344 g/mol. The average molecular weight is 364 g/mol. The minimum atomic E-state index is -0.550. The molecule has 2 aromatic carbocycles. The lowest BCUT2D eigenvalue weighted by molar-refractivity contribution is -0.114. The van der Waals surface area contributed by atoms with Gasteiger partial charge in [-0.1, -0.05) is 12.1 Å². The molecule has 7 nitrogen and oxygen atoms in total. The molecule has 2 rings (SSSR count). The van der Waals surface area contributed by atoms with Crippen molar-refractivity contribution in [3.63, 3.8) is 0 Å². The Labute approximate surface area is 157 Å². The van der Waals surface area contributed by atoms with Crippen molar-refractivity contribution in [1.29, 1.82) is 5.26 Å². The Morgan fingerprint density at radius 1 is 1.07 bits per heavy atom. The maximum absolute atomic E-state index is 12.3. The van der Waals surface area contributed by atoms with Crippen LogP contribution in [0.2, 0.25) is 0 Å². The van der Waals surface area contributed by atoms with Crippen LogP contribution in [0, 0.1) is 11.3 Å². The number of para-hydroxylation sites is 2. The summed E-state index contributed by atoms with van der Waals surface area (Å²) in [4.78, 5) is 23.3. The number of amides is 2. The lowest BCUT2D eigenvalue weighted by atomic mass is 10.2. The summed E-state index contributed by atoms with van der Waals surface area (Å²) in [6, 6.07) is 15.7. The van der Waals surface area contributed by atoms with Crippen molar-refractivity contribution < 1.29 is 14.3 Å². The first-order valence-electron chi connectivity index (χ1n) is 8.31. The number of carbonyl (C=O) groups excluding carboxylic acids is 2. The Balaban J connectivity index is 2.06. The fraction of sp³-hybridized carbons (Fsp3) is 0.150. The van der Waals surface area contributed by atoms with E-state index in [-0.39, 0.29) is 11.5 Å². The van der Waals surface area contributed by atoms with Crippen molar-refractivity contribution in [2.24, 2.45) is 0 Å². The maximum Gasteiger partial charge on any atom is 0.267 e. The van der Waals surface area contributed by atoms with Crippen LogP contribution in [-0.2, 0) is 9.59 Å². The van der Waals surface area contributed by atoms with Gasteiger partial charge in [-0.3, -0.25) is 9.59 Å². The van der Waals surface area contributed by atoms with Gasteiger partial charge >= 0.3 is 0 Å². The quantitative estimate of drug-likeness (QED) is 0.515. The summed E-state index contributed by atoms with van der Waals surface area (Å²) in [6.45, 7) is 3.79. The van der Waals surface area contributed by atoms with Gasteiger partial charge in [-0.25, -0.2) is 0 Å². The molecule has 27 heavy (non-hydrogen) atoms. The van der Waals surface area contributed by atoms with Crippen molar-refractivity contribution in [3.8, 4) is 11.8 Å². The molecule has 2 amide bonds. The number of benzene rings is 2. The summed E-state index contributed by atoms with van der Waals surface area (Å²) in [6.07, 6.45) is 1.33. The van der Waals surface area contributed by atoms with Crippen LogP contribution >= 0.6 is 0 Å². The number of rotatable bonds is 7. The predicted molar refractivity (Wildman–Crippen MR) is 104 cm³/mol. The highest BCUT2D eigenvalue weighted by molar-refractivity contribution is 6.06. The lowest BCUT2D eigenvalue weighted by Gasteiger charge is -2.10. The predicted octanol–water partition coefficient (Wildman–Crippen LogP) is 3.50. The summed E-state index contributed by atoms with van der Waals surface area (Å²) in [5.41, 5.74) is 1.68. The molecule has 0 aromatic heterocycles. The Hall–Kier alpha value is -3.79. The van der Waals surface area contributed by atoms with Gasteiger partial charge in [0.15, 0.2) is 0 Å². The van der Waals surface area contributed by atoms with Gasteiger partial charge in [0.05, 0.1) is 12.3 Å². The molecule has 2 aromatic rings. The Morgan fingerprint density at radius 2 is 1.70 bits per heavy atom. The third-order valence-corrected chi connectivity index (χ3v) is 3.39. The zero-order valence-corrected chi connectivity index (χ0v) is 15.1. The topological polar surface area (TPSA) is 103 Å². The molecule has 0 bridgehead atoms. The summed E-state index contributed by atoms with van der Waals surface area (Å²) < 4.78 is 5.49. The number of anilines is 3. The highest BCUT2D eigenvalue weighted by Crippen LogP contribution is 2.24. The molecule has 0 aliphatic heterocycles. The molecular formula is C20H20N4O3. The molecule has 7 heteroatoms. The third kappa shape index (κ3) is 5.90. The largest absolute Gasteiger partial charge is 0.492 e. The highest BCUT2D eigenvalue weighted by atomic mass is 16.5. The van der Waals surface area contributed by atoms with E-state index in [1.165, 1.54) is 13.1 Å². The molecule has 0 spiro atoms. The fourth-order valence-electron chi connectivity index (χ4n) is 2.20. The van der Waals surface area contributed by atoms with Crippen LogP contribution < -0.4 is 20.7 Å². The smallest absolute Gasteiger partial charge is 0.267 e. The van der Waals surface area contributed by atoms with Gasteiger partial charge in [-0.05, 0) is 43.3 Å². The minimum Gasteiger partial charge on any atom is -0.492 e. The fourth-order valence-corrected chi connectivity index (χ4v) is 2.20. The van der Waals surface area contributed by atoms with E-state index < -0.39 is 5.91 Å². The van der Waals surface area contributed by atoms with Crippen LogP contribution in [0.25, 0.3) is 0 Å². The van der Waals surface area contributed by atoms with E-state index in [0.29, 0.717) is 29.4 Å². The molecule has 0 heterocycles. The van der Waals surface area contributed by atoms with Crippen molar-refractivity contribution in [2.45, 2.75) is 13.8 Å². The number of hydrogen-bond donors (Lipinski definition) is 3. The third-order valence-electron chi connectivity index (χ3n) is 3.39. The van der Waals surface area contributed by atoms with Gasteiger partial charge in [-0.2, -0.15) is 5.26 Å².